The minimum atomic E-state index is -5.99. The Balaban J connectivity index is 3.11. The molecule has 1 aliphatic rings. The van der Waals surface area contributed by atoms with Crippen LogP contribution in [0.2, 0.25) is 0 Å². The van der Waals surface area contributed by atoms with Crippen LogP contribution in [0, 0.1) is 0 Å². The van der Waals surface area contributed by atoms with Crippen LogP contribution in [0.4, 0.5) is 18.0 Å². The van der Waals surface area contributed by atoms with E-state index >= 15 is 0 Å². The molecule has 1 rings (SSSR count). The molecule has 0 saturated heterocycles. The molecule has 0 unspecified atom stereocenters. The zero-order valence-corrected chi connectivity index (χ0v) is 16.0. The van der Waals surface area contributed by atoms with Crippen LogP contribution in [-0.4, -0.2) is 54.1 Å². The number of hydrogen-bond acceptors (Lipinski definition) is 7. The monoisotopic (exact) mass is 419 g/mol. The third kappa shape index (κ3) is 7.18. The van der Waals surface area contributed by atoms with Crippen LogP contribution in [0.25, 0.3) is 0 Å². The largest absolute Gasteiger partial charge is 0.534 e. The van der Waals surface area contributed by atoms with Crippen molar-refractivity contribution < 1.29 is 45.5 Å². The van der Waals surface area contributed by atoms with Crippen molar-refractivity contribution in [3.05, 3.63) is 11.8 Å². The predicted octanol–water partition coefficient (Wildman–Crippen LogP) is 1.93. The van der Waals surface area contributed by atoms with Crippen molar-refractivity contribution in [1.82, 2.24) is 5.32 Å². The van der Waals surface area contributed by atoms with Crippen molar-refractivity contribution in [2.45, 2.75) is 69.2 Å². The molecule has 0 aromatic rings. The molecule has 1 amide bonds. The predicted molar refractivity (Wildman–Crippen MR) is 87.8 cm³/mol. The number of aliphatic hydroxyl groups is 2. The molecule has 3 N–H and O–H groups in total. The van der Waals surface area contributed by atoms with Gasteiger partial charge in [0.05, 0.1) is 11.6 Å². The van der Waals surface area contributed by atoms with Gasteiger partial charge in [0.1, 0.15) is 11.4 Å². The summed E-state index contributed by atoms with van der Waals surface area (Å²) in [5.74, 6) is -0.759. The van der Waals surface area contributed by atoms with Gasteiger partial charge >= 0.3 is 21.7 Å². The molecule has 0 fully saturated rings. The molecule has 158 valence electrons. The Hall–Kier alpha value is -1.53. The standard InChI is InChI=1S/C15H24F3NO7S/c1-13(2,3)25-12(21)19-10-5-7-14(22,6-4-8-20)9-11(10)26-27(23,24)15(16,17)18/h9-10,20,22H,4-8H2,1-3H3,(H,19,21)/t10-,14+/m1/s1. The van der Waals surface area contributed by atoms with Crippen LogP contribution in [0.1, 0.15) is 46.5 Å². The van der Waals surface area contributed by atoms with Gasteiger partial charge in [-0.05, 0) is 52.5 Å². The van der Waals surface area contributed by atoms with Crippen molar-refractivity contribution in [3.63, 3.8) is 0 Å². The van der Waals surface area contributed by atoms with Gasteiger partial charge in [0.2, 0.25) is 0 Å². The first-order valence-electron chi connectivity index (χ1n) is 8.15. The third-order valence-electron chi connectivity index (χ3n) is 3.57. The summed E-state index contributed by atoms with van der Waals surface area (Å²) in [4.78, 5) is 11.9. The van der Waals surface area contributed by atoms with E-state index in [0.717, 1.165) is 6.08 Å². The van der Waals surface area contributed by atoms with Crippen molar-refractivity contribution >= 4 is 16.2 Å². The number of carbonyl (C=O) groups is 1. The van der Waals surface area contributed by atoms with E-state index in [1.165, 1.54) is 0 Å². The lowest BCUT2D eigenvalue weighted by Crippen LogP contribution is -2.46. The molecule has 0 aliphatic heterocycles. The minimum Gasteiger partial charge on any atom is -0.444 e. The molecule has 0 aromatic heterocycles. The number of alkyl halides is 3. The van der Waals surface area contributed by atoms with Gasteiger partial charge in [-0.15, -0.1) is 0 Å². The number of aliphatic hydroxyl groups excluding tert-OH is 1. The van der Waals surface area contributed by atoms with Gasteiger partial charge in [0.25, 0.3) is 0 Å². The molecule has 0 heterocycles. The van der Waals surface area contributed by atoms with Gasteiger partial charge in [0.15, 0.2) is 0 Å². The van der Waals surface area contributed by atoms with Crippen LogP contribution < -0.4 is 5.32 Å². The van der Waals surface area contributed by atoms with Crippen molar-refractivity contribution in [3.8, 4) is 0 Å². The second-order valence-electron chi connectivity index (χ2n) is 7.20. The maximum absolute atomic E-state index is 12.6. The molecular formula is C15H24F3NO7S. The molecule has 0 bridgehead atoms. The Bertz CT molecular complexity index is 670. The van der Waals surface area contributed by atoms with Crippen LogP contribution in [0.3, 0.4) is 0 Å². The number of alkyl carbamates (subject to hydrolysis) is 1. The molecule has 1 aliphatic carbocycles. The van der Waals surface area contributed by atoms with Gasteiger partial charge in [-0.1, -0.05) is 0 Å². The highest BCUT2D eigenvalue weighted by Crippen LogP contribution is 2.35. The average molecular weight is 419 g/mol. The highest BCUT2D eigenvalue weighted by Gasteiger charge is 2.50. The number of halogens is 3. The smallest absolute Gasteiger partial charge is 0.444 e. The maximum atomic E-state index is 12.6. The Morgan fingerprint density at radius 2 is 1.96 bits per heavy atom. The second kappa shape index (κ2) is 8.23. The summed E-state index contributed by atoms with van der Waals surface area (Å²) in [6.07, 6.45) is -0.130. The highest BCUT2D eigenvalue weighted by molar-refractivity contribution is 7.87. The van der Waals surface area contributed by atoms with Gasteiger partial charge in [-0.3, -0.25) is 0 Å². The summed E-state index contributed by atoms with van der Waals surface area (Å²) < 4.78 is 69.8. The van der Waals surface area contributed by atoms with Crippen LogP contribution in [-0.2, 0) is 19.0 Å². The molecule has 12 heteroatoms. The third-order valence-corrected chi connectivity index (χ3v) is 4.55. The number of hydrogen-bond donors (Lipinski definition) is 3. The topological polar surface area (TPSA) is 122 Å². The van der Waals surface area contributed by atoms with Crippen LogP contribution in [0.15, 0.2) is 11.8 Å². The number of nitrogens with one attached hydrogen (secondary N) is 1. The van der Waals surface area contributed by atoms with E-state index in [1.807, 2.05) is 0 Å². The van der Waals surface area contributed by atoms with Crippen molar-refractivity contribution in [2.24, 2.45) is 0 Å². The zero-order chi connectivity index (χ0) is 21.1. The van der Waals surface area contributed by atoms with E-state index in [1.54, 1.807) is 20.8 Å². The Labute approximate surface area is 155 Å². The SMILES string of the molecule is CC(C)(C)OC(=O)N[C@@H]1CC[C@@](O)(CCCO)C=C1OS(=O)(=O)C(F)(F)F. The van der Waals surface area contributed by atoms with Gasteiger partial charge in [-0.2, -0.15) is 21.6 Å². The number of carbonyl (C=O) groups excluding carboxylic acids is 1. The number of amides is 1. The van der Waals surface area contributed by atoms with E-state index in [2.05, 4.69) is 9.50 Å². The molecule has 0 saturated carbocycles. The zero-order valence-electron chi connectivity index (χ0n) is 15.2. The van der Waals surface area contributed by atoms with E-state index < -0.39 is 44.7 Å². The quantitative estimate of drug-likeness (QED) is 0.444. The average Bonchev–Trinajstić information content (AvgIpc) is 2.45. The van der Waals surface area contributed by atoms with E-state index in [4.69, 9.17) is 9.84 Å². The molecule has 0 spiro atoms. The fourth-order valence-corrected chi connectivity index (χ4v) is 2.92. The molecule has 0 aromatic carbocycles. The van der Waals surface area contributed by atoms with Crippen molar-refractivity contribution in [2.75, 3.05) is 6.61 Å². The summed E-state index contributed by atoms with van der Waals surface area (Å²) in [5.41, 5.74) is -8.24. The lowest BCUT2D eigenvalue weighted by Gasteiger charge is -2.34. The molecular weight excluding hydrogens is 395 g/mol. The molecule has 8 nitrogen and oxygen atoms in total. The van der Waals surface area contributed by atoms with Gasteiger partial charge < -0.3 is 24.4 Å². The van der Waals surface area contributed by atoms with Crippen LogP contribution >= 0.6 is 0 Å². The molecule has 27 heavy (non-hydrogen) atoms. The summed E-state index contributed by atoms with van der Waals surface area (Å²) in [5, 5.41) is 21.5. The summed E-state index contributed by atoms with van der Waals surface area (Å²) >= 11 is 0. The first-order valence-corrected chi connectivity index (χ1v) is 9.56. The van der Waals surface area contributed by atoms with E-state index in [0.29, 0.717) is 0 Å². The summed E-state index contributed by atoms with van der Waals surface area (Å²) in [7, 11) is -5.99. The molecule has 2 atom stereocenters. The fraction of sp³-hybridized carbons (Fsp3) is 0.800. The minimum absolute atomic E-state index is 0.00634. The van der Waals surface area contributed by atoms with E-state index in [9.17, 15) is 31.5 Å². The van der Waals surface area contributed by atoms with E-state index in [-0.39, 0.29) is 32.3 Å². The maximum Gasteiger partial charge on any atom is 0.534 e. The Morgan fingerprint density at radius 3 is 2.44 bits per heavy atom. The summed E-state index contributed by atoms with van der Waals surface area (Å²) in [6.45, 7) is 4.44. The first kappa shape index (κ1) is 23.5. The van der Waals surface area contributed by atoms with Crippen molar-refractivity contribution in [1.29, 1.82) is 0 Å². The van der Waals surface area contributed by atoms with Crippen LogP contribution in [0.5, 0.6) is 0 Å². The lowest BCUT2D eigenvalue weighted by molar-refractivity contribution is -0.0531. The molecule has 0 radical (unpaired) electrons. The second-order valence-corrected chi connectivity index (χ2v) is 8.74. The normalized spacial score (nSPS) is 24.1. The summed E-state index contributed by atoms with van der Waals surface area (Å²) in [6, 6.07) is -1.24. The lowest BCUT2D eigenvalue weighted by atomic mass is 9.84. The van der Waals surface area contributed by atoms with Gasteiger partial charge in [0, 0.05) is 6.61 Å². The fourth-order valence-electron chi connectivity index (χ4n) is 2.41. The number of rotatable bonds is 6. The van der Waals surface area contributed by atoms with Gasteiger partial charge in [-0.25, -0.2) is 4.79 Å². The highest BCUT2D eigenvalue weighted by atomic mass is 32.2. The first-order chi connectivity index (χ1) is 12.1. The Morgan fingerprint density at radius 1 is 1.37 bits per heavy atom. The Kier molecular flexibility index (Phi) is 7.17. The number of ether oxygens (including phenoxy) is 1.